The summed E-state index contributed by atoms with van der Waals surface area (Å²) in [5, 5.41) is 12.0. The molecule has 0 saturated heterocycles. The van der Waals surface area contributed by atoms with Crippen LogP contribution in [0.5, 0.6) is 5.75 Å². The summed E-state index contributed by atoms with van der Waals surface area (Å²) >= 11 is 0. The fourth-order valence-electron chi connectivity index (χ4n) is 2.23. The number of ether oxygens (including phenoxy) is 1. The second-order valence-electron chi connectivity index (χ2n) is 4.93. The van der Waals surface area contributed by atoms with E-state index < -0.39 is 0 Å². The molecule has 0 spiro atoms. The van der Waals surface area contributed by atoms with E-state index in [1.165, 1.54) is 0 Å². The highest BCUT2D eigenvalue weighted by molar-refractivity contribution is 5.41. The Morgan fingerprint density at radius 2 is 1.77 bits per heavy atom. The lowest BCUT2D eigenvalue weighted by atomic mass is 10.2. The van der Waals surface area contributed by atoms with Gasteiger partial charge >= 0.3 is 0 Å². The van der Waals surface area contributed by atoms with Crippen LogP contribution in [0.4, 0.5) is 5.95 Å². The number of hydrogen-bond donors (Lipinski definition) is 0. The van der Waals surface area contributed by atoms with E-state index in [1.54, 1.807) is 11.8 Å². The minimum Gasteiger partial charge on any atom is -0.497 e. The van der Waals surface area contributed by atoms with Gasteiger partial charge in [-0.25, -0.2) is 0 Å². The highest BCUT2D eigenvalue weighted by Gasteiger charge is 2.13. The molecule has 1 heterocycles. The molecule has 1 aromatic heterocycles. The van der Waals surface area contributed by atoms with Crippen molar-refractivity contribution in [2.45, 2.75) is 6.54 Å². The van der Waals surface area contributed by atoms with E-state index in [9.17, 15) is 0 Å². The van der Waals surface area contributed by atoms with Crippen LogP contribution in [0.3, 0.4) is 0 Å². The van der Waals surface area contributed by atoms with Crippen LogP contribution in [0.15, 0.2) is 54.6 Å². The molecule has 0 atom stereocenters. The highest BCUT2D eigenvalue weighted by Crippen LogP contribution is 2.17. The molecule has 0 unspecified atom stereocenters. The van der Waals surface area contributed by atoms with Gasteiger partial charge in [0.1, 0.15) is 5.75 Å². The van der Waals surface area contributed by atoms with Gasteiger partial charge in [-0.2, -0.15) is 4.68 Å². The number of rotatable bonds is 5. The molecule has 0 aliphatic rings. The van der Waals surface area contributed by atoms with Crippen LogP contribution in [0.25, 0.3) is 5.69 Å². The molecule has 0 fully saturated rings. The first kappa shape index (κ1) is 14.1. The second-order valence-corrected chi connectivity index (χ2v) is 4.93. The molecule has 22 heavy (non-hydrogen) atoms. The van der Waals surface area contributed by atoms with Crippen LogP contribution < -0.4 is 9.64 Å². The molecule has 3 aromatic rings. The Hall–Kier alpha value is -2.89. The number of aromatic nitrogens is 4. The molecule has 0 saturated carbocycles. The van der Waals surface area contributed by atoms with Crippen molar-refractivity contribution in [1.29, 1.82) is 0 Å². The molecular formula is C16H17N5O. The first-order chi connectivity index (χ1) is 10.8. The zero-order valence-corrected chi connectivity index (χ0v) is 12.5. The van der Waals surface area contributed by atoms with Gasteiger partial charge < -0.3 is 9.64 Å². The topological polar surface area (TPSA) is 56.1 Å². The van der Waals surface area contributed by atoms with Crippen LogP contribution in [0.2, 0.25) is 0 Å². The van der Waals surface area contributed by atoms with Gasteiger partial charge in [0.15, 0.2) is 0 Å². The minimum absolute atomic E-state index is 0.696. The summed E-state index contributed by atoms with van der Waals surface area (Å²) in [4.78, 5) is 2.01. The fraction of sp³-hybridized carbons (Fsp3) is 0.188. The maximum absolute atomic E-state index is 5.17. The normalized spacial score (nSPS) is 10.5. The van der Waals surface area contributed by atoms with Crippen LogP contribution in [-0.4, -0.2) is 34.4 Å². The summed E-state index contributed by atoms with van der Waals surface area (Å²) in [6, 6.07) is 17.8. The quantitative estimate of drug-likeness (QED) is 0.723. The van der Waals surface area contributed by atoms with Crippen molar-refractivity contribution in [2.24, 2.45) is 0 Å². The monoisotopic (exact) mass is 295 g/mol. The predicted molar refractivity (Wildman–Crippen MR) is 84.3 cm³/mol. The highest BCUT2D eigenvalue weighted by atomic mass is 16.5. The summed E-state index contributed by atoms with van der Waals surface area (Å²) in [7, 11) is 3.63. The van der Waals surface area contributed by atoms with Gasteiger partial charge in [-0.05, 0) is 40.3 Å². The molecule has 0 amide bonds. The number of para-hydroxylation sites is 1. The Bertz CT molecular complexity index is 724. The lowest BCUT2D eigenvalue weighted by Crippen LogP contribution is -2.20. The van der Waals surface area contributed by atoms with Crippen LogP contribution in [0.1, 0.15) is 5.56 Å². The van der Waals surface area contributed by atoms with Crippen molar-refractivity contribution in [1.82, 2.24) is 20.2 Å². The van der Waals surface area contributed by atoms with E-state index in [0.29, 0.717) is 12.5 Å². The molecule has 0 bridgehead atoms. The second kappa shape index (κ2) is 6.26. The van der Waals surface area contributed by atoms with Crippen molar-refractivity contribution in [3.63, 3.8) is 0 Å². The van der Waals surface area contributed by atoms with Gasteiger partial charge in [0.25, 0.3) is 0 Å². The maximum Gasteiger partial charge on any atom is 0.250 e. The number of anilines is 1. The average molecular weight is 295 g/mol. The van der Waals surface area contributed by atoms with E-state index >= 15 is 0 Å². The maximum atomic E-state index is 5.17. The summed E-state index contributed by atoms with van der Waals surface area (Å²) in [6.07, 6.45) is 0. The number of nitrogens with zero attached hydrogens (tertiary/aromatic N) is 5. The van der Waals surface area contributed by atoms with E-state index in [1.807, 2.05) is 66.5 Å². The largest absolute Gasteiger partial charge is 0.497 e. The Labute approximate surface area is 128 Å². The van der Waals surface area contributed by atoms with Gasteiger partial charge in [0, 0.05) is 13.6 Å². The first-order valence-corrected chi connectivity index (χ1v) is 6.96. The van der Waals surface area contributed by atoms with E-state index in [0.717, 1.165) is 17.0 Å². The Balaban J connectivity index is 1.81. The summed E-state index contributed by atoms with van der Waals surface area (Å²) in [5.74, 6) is 1.54. The molecule has 6 heteroatoms. The number of methoxy groups -OCH3 is 1. The molecule has 3 rings (SSSR count). The standard InChI is InChI=1S/C16H17N5O/c1-20(12-13-8-10-15(22-2)11-9-13)16-17-18-19-21(16)14-6-4-3-5-7-14/h3-11H,12H2,1-2H3. The molecule has 112 valence electrons. The average Bonchev–Trinajstić information content (AvgIpc) is 3.06. The number of benzene rings is 2. The predicted octanol–water partition coefficient (Wildman–Crippen LogP) is 2.31. The van der Waals surface area contributed by atoms with Gasteiger partial charge in [-0.15, -0.1) is 0 Å². The molecule has 6 nitrogen and oxygen atoms in total. The molecular weight excluding hydrogens is 278 g/mol. The van der Waals surface area contributed by atoms with Crippen molar-refractivity contribution in [3.05, 3.63) is 60.2 Å². The van der Waals surface area contributed by atoms with Crippen molar-refractivity contribution in [2.75, 3.05) is 19.1 Å². The third kappa shape index (κ3) is 2.90. The third-order valence-corrected chi connectivity index (χ3v) is 3.37. The molecule has 0 radical (unpaired) electrons. The number of hydrogen-bond acceptors (Lipinski definition) is 5. The lowest BCUT2D eigenvalue weighted by Gasteiger charge is -2.18. The van der Waals surface area contributed by atoms with Crippen LogP contribution >= 0.6 is 0 Å². The molecule has 0 aliphatic heterocycles. The van der Waals surface area contributed by atoms with Gasteiger partial charge in [0.05, 0.1) is 12.8 Å². The van der Waals surface area contributed by atoms with E-state index in [4.69, 9.17) is 4.74 Å². The first-order valence-electron chi connectivity index (χ1n) is 6.96. The zero-order valence-electron chi connectivity index (χ0n) is 12.5. The van der Waals surface area contributed by atoms with E-state index in [-0.39, 0.29) is 0 Å². The lowest BCUT2D eigenvalue weighted by molar-refractivity contribution is 0.414. The SMILES string of the molecule is COc1ccc(CN(C)c2nnnn2-c2ccccc2)cc1. The smallest absolute Gasteiger partial charge is 0.250 e. The Morgan fingerprint density at radius 1 is 1.05 bits per heavy atom. The third-order valence-electron chi connectivity index (χ3n) is 3.37. The summed E-state index contributed by atoms with van der Waals surface area (Å²) in [6.45, 7) is 0.706. The number of tetrazole rings is 1. The van der Waals surface area contributed by atoms with Gasteiger partial charge in [-0.3, -0.25) is 0 Å². The van der Waals surface area contributed by atoms with E-state index in [2.05, 4.69) is 15.5 Å². The molecule has 0 N–H and O–H groups in total. The van der Waals surface area contributed by atoms with Gasteiger partial charge in [-0.1, -0.05) is 35.4 Å². The fourth-order valence-corrected chi connectivity index (χ4v) is 2.23. The molecule has 2 aromatic carbocycles. The van der Waals surface area contributed by atoms with Crippen molar-refractivity contribution < 1.29 is 4.74 Å². The summed E-state index contributed by atoms with van der Waals surface area (Å²) in [5.41, 5.74) is 2.09. The van der Waals surface area contributed by atoms with Crippen molar-refractivity contribution in [3.8, 4) is 11.4 Å². The zero-order chi connectivity index (χ0) is 15.4. The minimum atomic E-state index is 0.696. The summed E-state index contributed by atoms with van der Waals surface area (Å²) < 4.78 is 6.90. The van der Waals surface area contributed by atoms with Gasteiger partial charge in [0.2, 0.25) is 5.95 Å². The van der Waals surface area contributed by atoms with Crippen LogP contribution in [-0.2, 0) is 6.54 Å². The van der Waals surface area contributed by atoms with Crippen LogP contribution in [0, 0.1) is 0 Å². The van der Waals surface area contributed by atoms with Crippen molar-refractivity contribution >= 4 is 5.95 Å². The Kier molecular flexibility index (Phi) is 4.00. The molecule has 0 aliphatic carbocycles. The Morgan fingerprint density at radius 3 is 2.45 bits per heavy atom.